The number of halogens is 2. The molecule has 0 aliphatic rings. The molecule has 0 amide bonds. The number of nitrogens with one attached hydrogen (secondary N) is 1. The molecule has 4 heteroatoms. The van der Waals surface area contributed by atoms with Gasteiger partial charge in [-0.15, -0.1) is 11.3 Å². The standard InChI is InChI=1S/C16H19BrINS/c1-4-7-19-15(16-10(2)8-11(3)20-16)13-9-12(18)5-6-14(13)17/h5-6,8-9,15,19H,4,7H2,1-3H3. The fourth-order valence-corrected chi connectivity index (χ4v) is 4.44. The van der Waals surface area contributed by atoms with Gasteiger partial charge in [0.05, 0.1) is 6.04 Å². The Balaban J connectivity index is 2.46. The summed E-state index contributed by atoms with van der Waals surface area (Å²) in [6.07, 6.45) is 1.14. The first-order valence-electron chi connectivity index (χ1n) is 6.78. The summed E-state index contributed by atoms with van der Waals surface area (Å²) in [5.41, 5.74) is 2.71. The third-order valence-corrected chi connectivity index (χ3v) is 5.82. The van der Waals surface area contributed by atoms with E-state index in [0.717, 1.165) is 13.0 Å². The molecular formula is C16H19BrINS. The van der Waals surface area contributed by atoms with Gasteiger partial charge in [-0.05, 0) is 84.8 Å². The van der Waals surface area contributed by atoms with Gasteiger partial charge in [0.15, 0.2) is 0 Å². The molecule has 0 fully saturated rings. The van der Waals surface area contributed by atoms with Gasteiger partial charge in [0, 0.05) is 17.8 Å². The van der Waals surface area contributed by atoms with Crippen LogP contribution in [0.4, 0.5) is 0 Å². The van der Waals surface area contributed by atoms with Crippen molar-refractivity contribution in [1.29, 1.82) is 0 Å². The number of aryl methyl sites for hydroxylation is 2. The van der Waals surface area contributed by atoms with Crippen LogP contribution in [0, 0.1) is 17.4 Å². The summed E-state index contributed by atoms with van der Waals surface area (Å²) in [5.74, 6) is 0. The van der Waals surface area contributed by atoms with Crippen molar-refractivity contribution >= 4 is 49.9 Å². The second kappa shape index (κ2) is 7.38. The van der Waals surface area contributed by atoms with Crippen LogP contribution in [-0.2, 0) is 0 Å². The fourth-order valence-electron chi connectivity index (χ4n) is 2.31. The fraction of sp³-hybridized carbons (Fsp3) is 0.375. The van der Waals surface area contributed by atoms with Gasteiger partial charge in [-0.1, -0.05) is 22.9 Å². The monoisotopic (exact) mass is 463 g/mol. The maximum atomic E-state index is 3.71. The molecule has 1 N–H and O–H groups in total. The van der Waals surface area contributed by atoms with Crippen molar-refractivity contribution in [1.82, 2.24) is 5.32 Å². The Kier molecular flexibility index (Phi) is 6.08. The zero-order valence-corrected chi connectivity index (χ0v) is 16.5. The zero-order chi connectivity index (χ0) is 14.7. The van der Waals surface area contributed by atoms with E-state index in [2.05, 4.69) is 88.9 Å². The molecule has 108 valence electrons. The van der Waals surface area contributed by atoms with E-state index in [1.54, 1.807) is 0 Å². The molecule has 1 heterocycles. The molecule has 0 saturated heterocycles. The van der Waals surface area contributed by atoms with E-state index in [1.165, 1.54) is 28.9 Å². The van der Waals surface area contributed by atoms with Crippen LogP contribution in [0.2, 0.25) is 0 Å². The van der Waals surface area contributed by atoms with Crippen molar-refractivity contribution in [3.63, 3.8) is 0 Å². The van der Waals surface area contributed by atoms with Crippen LogP contribution in [0.1, 0.15) is 40.3 Å². The van der Waals surface area contributed by atoms with Crippen LogP contribution >= 0.6 is 49.9 Å². The summed E-state index contributed by atoms with van der Waals surface area (Å²) >= 11 is 7.99. The maximum absolute atomic E-state index is 3.71. The molecule has 1 atom stereocenters. The highest BCUT2D eigenvalue weighted by molar-refractivity contribution is 14.1. The van der Waals surface area contributed by atoms with Crippen LogP contribution in [0.3, 0.4) is 0 Å². The zero-order valence-electron chi connectivity index (χ0n) is 12.0. The van der Waals surface area contributed by atoms with E-state index < -0.39 is 0 Å². The molecule has 0 spiro atoms. The topological polar surface area (TPSA) is 12.0 Å². The molecule has 0 radical (unpaired) electrons. The lowest BCUT2D eigenvalue weighted by Gasteiger charge is -2.20. The summed E-state index contributed by atoms with van der Waals surface area (Å²) < 4.78 is 2.45. The van der Waals surface area contributed by atoms with E-state index >= 15 is 0 Å². The second-order valence-electron chi connectivity index (χ2n) is 4.96. The first-order valence-corrected chi connectivity index (χ1v) is 9.47. The van der Waals surface area contributed by atoms with Crippen LogP contribution in [0.15, 0.2) is 28.7 Å². The van der Waals surface area contributed by atoms with Crippen LogP contribution in [0.25, 0.3) is 0 Å². The predicted octanol–water partition coefficient (Wildman–Crippen LogP) is 5.82. The van der Waals surface area contributed by atoms with Crippen molar-refractivity contribution < 1.29 is 0 Å². The molecule has 0 aliphatic heterocycles. The van der Waals surface area contributed by atoms with Gasteiger partial charge in [0.2, 0.25) is 0 Å². The largest absolute Gasteiger partial charge is 0.306 e. The normalized spacial score (nSPS) is 12.7. The third-order valence-electron chi connectivity index (χ3n) is 3.21. The second-order valence-corrected chi connectivity index (χ2v) is 8.35. The van der Waals surface area contributed by atoms with Gasteiger partial charge < -0.3 is 5.32 Å². The number of benzene rings is 1. The number of rotatable bonds is 5. The highest BCUT2D eigenvalue weighted by Crippen LogP contribution is 2.35. The number of thiophene rings is 1. The Morgan fingerprint density at radius 3 is 2.65 bits per heavy atom. The van der Waals surface area contributed by atoms with Crippen molar-refractivity contribution in [2.75, 3.05) is 6.54 Å². The molecule has 1 aromatic carbocycles. The summed E-state index contributed by atoms with van der Waals surface area (Å²) in [7, 11) is 0. The lowest BCUT2D eigenvalue weighted by atomic mass is 10.0. The third kappa shape index (κ3) is 3.84. The smallest absolute Gasteiger partial charge is 0.0685 e. The number of hydrogen-bond acceptors (Lipinski definition) is 2. The van der Waals surface area contributed by atoms with Gasteiger partial charge in [0.25, 0.3) is 0 Å². The maximum Gasteiger partial charge on any atom is 0.0685 e. The molecule has 0 bridgehead atoms. The summed E-state index contributed by atoms with van der Waals surface area (Å²) in [4.78, 5) is 2.81. The minimum atomic E-state index is 0.276. The Labute approximate surface area is 147 Å². The highest BCUT2D eigenvalue weighted by atomic mass is 127. The quantitative estimate of drug-likeness (QED) is 0.550. The van der Waals surface area contributed by atoms with Crippen LogP contribution in [-0.4, -0.2) is 6.54 Å². The minimum Gasteiger partial charge on any atom is -0.306 e. The van der Waals surface area contributed by atoms with E-state index in [4.69, 9.17) is 0 Å². The summed E-state index contributed by atoms with van der Waals surface area (Å²) in [5, 5.41) is 3.70. The van der Waals surface area contributed by atoms with Crippen molar-refractivity contribution in [2.24, 2.45) is 0 Å². The van der Waals surface area contributed by atoms with Gasteiger partial charge in [-0.2, -0.15) is 0 Å². The van der Waals surface area contributed by atoms with E-state index in [1.807, 2.05) is 11.3 Å². The molecule has 2 aromatic rings. The lowest BCUT2D eigenvalue weighted by Crippen LogP contribution is -2.23. The Bertz CT molecular complexity index is 594. The molecule has 1 nitrogen and oxygen atoms in total. The van der Waals surface area contributed by atoms with Crippen LogP contribution in [0.5, 0.6) is 0 Å². The van der Waals surface area contributed by atoms with Gasteiger partial charge in [0.1, 0.15) is 0 Å². The summed E-state index contributed by atoms with van der Waals surface area (Å²) in [6.45, 7) is 7.63. The van der Waals surface area contributed by atoms with Gasteiger partial charge >= 0.3 is 0 Å². The molecular weight excluding hydrogens is 445 g/mol. The Morgan fingerprint density at radius 2 is 2.05 bits per heavy atom. The molecule has 1 aromatic heterocycles. The molecule has 0 saturated carbocycles. The lowest BCUT2D eigenvalue weighted by molar-refractivity contribution is 0.602. The molecule has 0 aliphatic carbocycles. The minimum absolute atomic E-state index is 0.276. The Hall–Kier alpha value is 0.0900. The Morgan fingerprint density at radius 1 is 1.30 bits per heavy atom. The average molecular weight is 464 g/mol. The van der Waals surface area contributed by atoms with E-state index in [9.17, 15) is 0 Å². The van der Waals surface area contributed by atoms with E-state index in [0.29, 0.717) is 0 Å². The first kappa shape index (κ1) is 16.5. The van der Waals surface area contributed by atoms with Crippen LogP contribution < -0.4 is 5.32 Å². The molecule has 2 rings (SSSR count). The van der Waals surface area contributed by atoms with Crippen molar-refractivity contribution in [3.8, 4) is 0 Å². The molecule has 20 heavy (non-hydrogen) atoms. The first-order chi connectivity index (χ1) is 9.52. The number of hydrogen-bond donors (Lipinski definition) is 1. The molecule has 1 unspecified atom stereocenters. The van der Waals surface area contributed by atoms with Crippen molar-refractivity contribution in [2.45, 2.75) is 33.2 Å². The van der Waals surface area contributed by atoms with Crippen molar-refractivity contribution in [3.05, 3.63) is 53.2 Å². The highest BCUT2D eigenvalue weighted by Gasteiger charge is 2.20. The SMILES string of the molecule is CCCNC(c1cc(I)ccc1Br)c1sc(C)cc1C. The summed E-state index contributed by atoms with van der Waals surface area (Å²) in [6, 6.07) is 9.11. The predicted molar refractivity (Wildman–Crippen MR) is 101 cm³/mol. The van der Waals surface area contributed by atoms with Gasteiger partial charge in [-0.3, -0.25) is 0 Å². The van der Waals surface area contributed by atoms with E-state index in [-0.39, 0.29) is 6.04 Å². The average Bonchev–Trinajstić information content (AvgIpc) is 2.73. The van der Waals surface area contributed by atoms with Gasteiger partial charge in [-0.25, -0.2) is 0 Å².